The fourth-order valence-corrected chi connectivity index (χ4v) is 3.90. The van der Waals surface area contributed by atoms with Gasteiger partial charge in [0.1, 0.15) is 40.6 Å². The van der Waals surface area contributed by atoms with E-state index in [0.717, 1.165) is 17.1 Å². The standard InChI is InChI=1S/C27H29N7O3/c1-27(2,3)37-26(35)34-15-13-33(14-16-34)23-12-10-21-24(32-23)25(30-18-29-21)31-22-11-9-20(17-28-22)36-19-7-5-4-6-8-19/h4-12,17-18H,13-16H2,1-3H3,(H,28,29,30,31). The third kappa shape index (κ3) is 6.03. The lowest BCUT2D eigenvalue weighted by atomic mass is 10.2. The maximum Gasteiger partial charge on any atom is 0.410 e. The second-order valence-corrected chi connectivity index (χ2v) is 9.63. The van der Waals surface area contributed by atoms with Crippen LogP contribution in [0.25, 0.3) is 11.0 Å². The van der Waals surface area contributed by atoms with Crippen molar-refractivity contribution in [3.05, 3.63) is 67.1 Å². The van der Waals surface area contributed by atoms with E-state index in [1.54, 1.807) is 11.1 Å². The van der Waals surface area contributed by atoms with E-state index in [4.69, 9.17) is 14.5 Å². The van der Waals surface area contributed by atoms with Crippen LogP contribution in [0.15, 0.2) is 67.1 Å². The fraction of sp³-hybridized carbons (Fsp3) is 0.296. The molecule has 4 aromatic rings. The van der Waals surface area contributed by atoms with Crippen LogP contribution >= 0.6 is 0 Å². The van der Waals surface area contributed by atoms with E-state index in [1.807, 2.05) is 75.4 Å². The van der Waals surface area contributed by atoms with Crippen molar-refractivity contribution in [2.24, 2.45) is 0 Å². The van der Waals surface area contributed by atoms with Crippen molar-refractivity contribution in [2.45, 2.75) is 26.4 Å². The number of nitrogens with one attached hydrogen (secondary N) is 1. The first-order valence-corrected chi connectivity index (χ1v) is 12.1. The molecule has 190 valence electrons. The highest BCUT2D eigenvalue weighted by atomic mass is 16.6. The minimum Gasteiger partial charge on any atom is -0.456 e. The first-order chi connectivity index (χ1) is 17.8. The van der Waals surface area contributed by atoms with Crippen LogP contribution in [-0.4, -0.2) is 62.7 Å². The number of amides is 1. The fourth-order valence-electron chi connectivity index (χ4n) is 3.90. The number of carbonyl (C=O) groups is 1. The number of nitrogens with zero attached hydrogens (tertiary/aromatic N) is 6. The Hall–Kier alpha value is -4.47. The van der Waals surface area contributed by atoms with Gasteiger partial charge in [0.05, 0.1) is 11.7 Å². The van der Waals surface area contributed by atoms with E-state index in [1.165, 1.54) is 6.33 Å². The molecule has 0 unspecified atom stereocenters. The predicted octanol–water partition coefficient (Wildman–Crippen LogP) is 5.01. The maximum absolute atomic E-state index is 12.4. The molecule has 10 nitrogen and oxygen atoms in total. The van der Waals surface area contributed by atoms with Crippen LogP contribution < -0.4 is 15.0 Å². The lowest BCUT2D eigenvalue weighted by Gasteiger charge is -2.36. The summed E-state index contributed by atoms with van der Waals surface area (Å²) in [5, 5.41) is 3.24. The predicted molar refractivity (Wildman–Crippen MR) is 141 cm³/mol. The van der Waals surface area contributed by atoms with Crippen LogP contribution in [0.5, 0.6) is 11.5 Å². The Kier molecular flexibility index (Phi) is 6.72. The number of fused-ring (bicyclic) bond motifs is 1. The molecule has 1 saturated heterocycles. The number of benzene rings is 1. The van der Waals surface area contributed by atoms with E-state index in [-0.39, 0.29) is 6.09 Å². The number of rotatable bonds is 5. The number of carbonyl (C=O) groups excluding carboxylic acids is 1. The number of piperazine rings is 1. The van der Waals surface area contributed by atoms with Crippen molar-refractivity contribution in [1.29, 1.82) is 0 Å². The van der Waals surface area contributed by atoms with Crippen molar-refractivity contribution in [3.63, 3.8) is 0 Å². The molecule has 3 aromatic heterocycles. The molecule has 1 aliphatic rings. The number of anilines is 3. The summed E-state index contributed by atoms with van der Waals surface area (Å²) < 4.78 is 11.3. The van der Waals surface area contributed by atoms with Gasteiger partial charge in [-0.1, -0.05) is 18.2 Å². The molecular formula is C27H29N7O3. The topological polar surface area (TPSA) is 106 Å². The van der Waals surface area contributed by atoms with Crippen molar-refractivity contribution in [1.82, 2.24) is 24.8 Å². The minimum absolute atomic E-state index is 0.286. The zero-order valence-corrected chi connectivity index (χ0v) is 21.1. The molecule has 1 aromatic carbocycles. The van der Waals surface area contributed by atoms with Crippen molar-refractivity contribution in [3.8, 4) is 11.5 Å². The number of ether oxygens (including phenoxy) is 2. The van der Waals surface area contributed by atoms with Crippen LogP contribution in [0.2, 0.25) is 0 Å². The Bertz CT molecular complexity index is 1370. The van der Waals surface area contributed by atoms with Crippen LogP contribution in [0.1, 0.15) is 20.8 Å². The highest BCUT2D eigenvalue weighted by Gasteiger charge is 2.26. The van der Waals surface area contributed by atoms with Gasteiger partial charge in [0, 0.05) is 26.2 Å². The Morgan fingerprint density at radius 1 is 0.892 bits per heavy atom. The van der Waals surface area contributed by atoms with Gasteiger partial charge in [-0.2, -0.15) is 0 Å². The lowest BCUT2D eigenvalue weighted by Crippen LogP contribution is -2.50. The zero-order chi connectivity index (χ0) is 25.8. The molecule has 1 N–H and O–H groups in total. The molecular weight excluding hydrogens is 470 g/mol. The molecule has 4 heterocycles. The molecule has 0 spiro atoms. The number of pyridine rings is 2. The Labute approximate surface area is 215 Å². The van der Waals surface area contributed by atoms with E-state index in [0.29, 0.717) is 49.1 Å². The minimum atomic E-state index is -0.512. The molecule has 5 rings (SSSR count). The Balaban J connectivity index is 1.28. The molecule has 0 atom stereocenters. The van der Waals surface area contributed by atoms with Crippen LogP contribution in [0.3, 0.4) is 0 Å². The smallest absolute Gasteiger partial charge is 0.410 e. The quantitative estimate of drug-likeness (QED) is 0.405. The van der Waals surface area contributed by atoms with Gasteiger partial charge in [-0.25, -0.2) is 24.7 Å². The summed E-state index contributed by atoms with van der Waals surface area (Å²) in [4.78, 5) is 34.3. The van der Waals surface area contributed by atoms with Gasteiger partial charge in [0.15, 0.2) is 5.82 Å². The SMILES string of the molecule is CC(C)(C)OC(=O)N1CCN(c2ccc3ncnc(Nc4ccc(Oc5ccccc5)cn4)c3n2)CC1. The highest BCUT2D eigenvalue weighted by Crippen LogP contribution is 2.26. The second-order valence-electron chi connectivity index (χ2n) is 9.63. The van der Waals surface area contributed by atoms with Gasteiger partial charge in [-0.05, 0) is 57.2 Å². The summed E-state index contributed by atoms with van der Waals surface area (Å²) in [6, 6.07) is 17.1. The second kappa shape index (κ2) is 10.3. The third-order valence-electron chi connectivity index (χ3n) is 5.68. The van der Waals surface area contributed by atoms with Crippen LogP contribution in [0, 0.1) is 0 Å². The number of hydrogen-bond acceptors (Lipinski definition) is 9. The van der Waals surface area contributed by atoms with Gasteiger partial charge in [0.25, 0.3) is 0 Å². The summed E-state index contributed by atoms with van der Waals surface area (Å²) in [5.41, 5.74) is 0.848. The average Bonchev–Trinajstić information content (AvgIpc) is 2.89. The molecule has 0 bridgehead atoms. The Morgan fingerprint density at radius 3 is 2.38 bits per heavy atom. The molecule has 37 heavy (non-hydrogen) atoms. The van der Waals surface area contributed by atoms with E-state index >= 15 is 0 Å². The zero-order valence-electron chi connectivity index (χ0n) is 21.1. The Morgan fingerprint density at radius 2 is 1.68 bits per heavy atom. The largest absolute Gasteiger partial charge is 0.456 e. The lowest BCUT2D eigenvalue weighted by molar-refractivity contribution is 0.0240. The first-order valence-electron chi connectivity index (χ1n) is 12.1. The van der Waals surface area contributed by atoms with Gasteiger partial charge in [0.2, 0.25) is 0 Å². The number of hydrogen-bond donors (Lipinski definition) is 1. The van der Waals surface area contributed by atoms with Gasteiger partial charge >= 0.3 is 6.09 Å². The monoisotopic (exact) mass is 499 g/mol. The van der Waals surface area contributed by atoms with E-state index in [9.17, 15) is 4.79 Å². The van der Waals surface area contributed by atoms with Crippen molar-refractivity contribution >= 4 is 34.6 Å². The molecule has 0 aliphatic carbocycles. The van der Waals surface area contributed by atoms with E-state index in [2.05, 4.69) is 25.2 Å². The average molecular weight is 500 g/mol. The van der Waals surface area contributed by atoms with Crippen molar-refractivity contribution < 1.29 is 14.3 Å². The third-order valence-corrected chi connectivity index (χ3v) is 5.68. The molecule has 1 fully saturated rings. The van der Waals surface area contributed by atoms with Gasteiger partial charge in [-0.15, -0.1) is 0 Å². The first kappa shape index (κ1) is 24.2. The summed E-state index contributed by atoms with van der Waals surface area (Å²) in [7, 11) is 0. The van der Waals surface area contributed by atoms with Gasteiger partial charge in [-0.3, -0.25) is 0 Å². The summed E-state index contributed by atoms with van der Waals surface area (Å²) in [6.45, 7) is 8.04. The highest BCUT2D eigenvalue weighted by molar-refractivity contribution is 5.87. The summed E-state index contributed by atoms with van der Waals surface area (Å²) in [6.07, 6.45) is 2.87. The van der Waals surface area contributed by atoms with Crippen LogP contribution in [0.4, 0.5) is 22.2 Å². The molecule has 1 amide bonds. The number of aromatic nitrogens is 4. The molecule has 1 aliphatic heterocycles. The normalized spacial score (nSPS) is 13.9. The van der Waals surface area contributed by atoms with E-state index < -0.39 is 5.60 Å². The van der Waals surface area contributed by atoms with Crippen molar-refractivity contribution in [2.75, 3.05) is 36.4 Å². The summed E-state index contributed by atoms with van der Waals surface area (Å²) in [5.74, 6) is 3.35. The number of para-hydroxylation sites is 1. The molecule has 0 saturated carbocycles. The maximum atomic E-state index is 12.4. The summed E-state index contributed by atoms with van der Waals surface area (Å²) >= 11 is 0. The molecule has 10 heteroatoms. The van der Waals surface area contributed by atoms with Crippen LogP contribution in [-0.2, 0) is 4.74 Å². The van der Waals surface area contributed by atoms with Gasteiger partial charge < -0.3 is 24.6 Å². The molecule has 0 radical (unpaired) electrons.